The normalized spacial score (nSPS) is 11.2. The van der Waals surface area contributed by atoms with Crippen LogP contribution in [0.5, 0.6) is 0 Å². The molecule has 0 radical (unpaired) electrons. The third-order valence-corrected chi connectivity index (χ3v) is 5.41. The van der Waals surface area contributed by atoms with Gasteiger partial charge in [0, 0.05) is 28.4 Å². The number of rotatable bonds is 9. The Hall–Kier alpha value is -2.13. The van der Waals surface area contributed by atoms with Crippen LogP contribution in [0.25, 0.3) is 11.0 Å². The van der Waals surface area contributed by atoms with Crippen LogP contribution in [0.2, 0.25) is 0 Å². The van der Waals surface area contributed by atoms with Crippen molar-refractivity contribution in [3.63, 3.8) is 0 Å². The van der Waals surface area contributed by atoms with Crippen molar-refractivity contribution in [1.82, 2.24) is 25.1 Å². The van der Waals surface area contributed by atoms with Gasteiger partial charge in [0.1, 0.15) is 5.82 Å². The number of nitrogens with one attached hydrogen (secondary N) is 2. The lowest BCUT2D eigenvalue weighted by atomic mass is 10.2. The van der Waals surface area contributed by atoms with Gasteiger partial charge in [0.25, 0.3) is 5.91 Å². The minimum Gasteiger partial charge on any atom is -0.369 e. The molecule has 0 unspecified atom stereocenters. The maximum Gasteiger partial charge on any atom is 0.251 e. The largest absolute Gasteiger partial charge is 0.369 e. The Kier molecular flexibility index (Phi) is 7.49. The maximum absolute atomic E-state index is 12.3. The molecule has 154 valence electrons. The van der Waals surface area contributed by atoms with E-state index in [2.05, 4.69) is 57.4 Å². The number of thioether (sulfide) groups is 1. The van der Waals surface area contributed by atoms with E-state index < -0.39 is 0 Å². The zero-order chi connectivity index (χ0) is 20.8. The molecule has 0 spiro atoms. The summed E-state index contributed by atoms with van der Waals surface area (Å²) >= 11 is 5.01. The molecule has 0 atom stereocenters. The first kappa shape index (κ1) is 21.6. The van der Waals surface area contributed by atoms with E-state index in [0.29, 0.717) is 23.9 Å². The van der Waals surface area contributed by atoms with Crippen LogP contribution in [0.1, 0.15) is 37.6 Å². The Morgan fingerprint density at radius 1 is 1.28 bits per heavy atom. The number of halogens is 1. The molecule has 0 aliphatic rings. The van der Waals surface area contributed by atoms with E-state index in [1.807, 2.05) is 16.8 Å². The maximum atomic E-state index is 12.3. The fraction of sp³-hybridized carbons (Fsp3) is 0.400. The van der Waals surface area contributed by atoms with Crippen LogP contribution in [0.4, 0.5) is 5.82 Å². The Bertz CT molecular complexity index is 990. The van der Waals surface area contributed by atoms with Gasteiger partial charge in [0.2, 0.25) is 0 Å². The predicted octanol–water partition coefficient (Wildman–Crippen LogP) is 4.34. The minimum atomic E-state index is -0.112. The highest BCUT2D eigenvalue weighted by Gasteiger charge is 2.14. The van der Waals surface area contributed by atoms with Crippen LogP contribution < -0.4 is 10.6 Å². The number of amides is 1. The second kappa shape index (κ2) is 10.1. The van der Waals surface area contributed by atoms with Gasteiger partial charge in [0.05, 0.1) is 18.1 Å². The van der Waals surface area contributed by atoms with Crippen molar-refractivity contribution in [3.05, 3.63) is 40.5 Å². The van der Waals surface area contributed by atoms with Crippen molar-refractivity contribution in [2.75, 3.05) is 18.4 Å². The van der Waals surface area contributed by atoms with Crippen molar-refractivity contribution in [1.29, 1.82) is 0 Å². The summed E-state index contributed by atoms with van der Waals surface area (Å²) in [6.07, 6.45) is 2.79. The average molecular weight is 477 g/mol. The molecule has 1 aromatic carbocycles. The summed E-state index contributed by atoms with van der Waals surface area (Å²) in [6.45, 7) is 8.17. The molecule has 0 aliphatic heterocycles. The molecule has 29 heavy (non-hydrogen) atoms. The van der Waals surface area contributed by atoms with Crippen molar-refractivity contribution < 1.29 is 4.79 Å². The Morgan fingerprint density at radius 2 is 2.10 bits per heavy atom. The number of anilines is 1. The summed E-state index contributed by atoms with van der Waals surface area (Å²) < 4.78 is 2.70. The van der Waals surface area contributed by atoms with E-state index in [0.717, 1.165) is 39.4 Å². The summed E-state index contributed by atoms with van der Waals surface area (Å²) in [4.78, 5) is 21.7. The molecule has 0 saturated heterocycles. The van der Waals surface area contributed by atoms with Crippen molar-refractivity contribution >= 4 is 50.5 Å². The van der Waals surface area contributed by atoms with E-state index in [-0.39, 0.29) is 5.91 Å². The van der Waals surface area contributed by atoms with Crippen molar-refractivity contribution in [2.45, 2.75) is 44.1 Å². The van der Waals surface area contributed by atoms with Crippen LogP contribution in [-0.4, -0.2) is 44.0 Å². The van der Waals surface area contributed by atoms with Crippen LogP contribution >= 0.6 is 27.7 Å². The fourth-order valence-electron chi connectivity index (χ4n) is 2.75. The number of nitrogens with zero attached hydrogens (tertiary/aromatic N) is 4. The molecule has 9 heteroatoms. The first-order valence-corrected chi connectivity index (χ1v) is 11.3. The average Bonchev–Trinajstić information content (AvgIpc) is 3.08. The third kappa shape index (κ3) is 5.70. The smallest absolute Gasteiger partial charge is 0.251 e. The number of hydrogen-bond donors (Lipinski definition) is 2. The summed E-state index contributed by atoms with van der Waals surface area (Å²) in [5.74, 6) is 0.697. The Balaban J connectivity index is 1.75. The van der Waals surface area contributed by atoms with E-state index in [4.69, 9.17) is 4.98 Å². The highest BCUT2D eigenvalue weighted by Crippen LogP contribution is 2.26. The zero-order valence-corrected chi connectivity index (χ0v) is 19.2. The molecule has 2 aromatic heterocycles. The topological polar surface area (TPSA) is 84.7 Å². The summed E-state index contributed by atoms with van der Waals surface area (Å²) in [7, 11) is 0. The van der Waals surface area contributed by atoms with Gasteiger partial charge in [-0.1, -0.05) is 54.5 Å². The van der Waals surface area contributed by atoms with Crippen LogP contribution in [-0.2, 0) is 6.54 Å². The van der Waals surface area contributed by atoms with Crippen molar-refractivity contribution in [2.24, 2.45) is 0 Å². The van der Waals surface area contributed by atoms with Crippen molar-refractivity contribution in [3.8, 4) is 0 Å². The Labute approximate surface area is 183 Å². The standard InChI is InChI=1S/C20H25BrN6OS/c1-4-8-22-17-16-12-24-27(18(16)26-20(25-17)29-13(2)3)10-9-23-19(28)14-6-5-7-15(21)11-14/h5-7,11-13H,4,8-10H2,1-3H3,(H,23,28)(H,22,25,26). The van der Waals surface area contributed by atoms with Gasteiger partial charge >= 0.3 is 0 Å². The summed E-state index contributed by atoms with van der Waals surface area (Å²) in [5.41, 5.74) is 1.40. The lowest BCUT2D eigenvalue weighted by Gasteiger charge is -2.10. The fourth-order valence-corrected chi connectivity index (χ4v) is 3.85. The second-order valence-corrected chi connectivity index (χ2v) is 9.28. The third-order valence-electron chi connectivity index (χ3n) is 4.06. The molecular formula is C20H25BrN6OS. The molecule has 3 aromatic rings. The van der Waals surface area contributed by atoms with E-state index in [9.17, 15) is 4.79 Å². The highest BCUT2D eigenvalue weighted by atomic mass is 79.9. The highest BCUT2D eigenvalue weighted by molar-refractivity contribution is 9.10. The monoisotopic (exact) mass is 476 g/mol. The van der Waals surface area contributed by atoms with E-state index >= 15 is 0 Å². The first-order valence-electron chi connectivity index (χ1n) is 9.65. The summed E-state index contributed by atoms with van der Waals surface area (Å²) in [5, 5.41) is 12.8. The molecule has 7 nitrogen and oxygen atoms in total. The van der Waals surface area contributed by atoms with Gasteiger partial charge in [-0.2, -0.15) is 5.10 Å². The van der Waals surface area contributed by atoms with Crippen LogP contribution in [0, 0.1) is 0 Å². The van der Waals surface area contributed by atoms with Gasteiger partial charge in [0.15, 0.2) is 10.8 Å². The van der Waals surface area contributed by atoms with Crippen LogP contribution in [0.3, 0.4) is 0 Å². The molecule has 2 N–H and O–H groups in total. The molecule has 0 fully saturated rings. The number of hydrogen-bond acceptors (Lipinski definition) is 6. The number of benzene rings is 1. The molecule has 0 aliphatic carbocycles. The Morgan fingerprint density at radius 3 is 2.83 bits per heavy atom. The minimum absolute atomic E-state index is 0.112. The molecular weight excluding hydrogens is 452 g/mol. The van der Waals surface area contributed by atoms with E-state index in [1.165, 1.54) is 0 Å². The number of carbonyl (C=O) groups is 1. The SMILES string of the molecule is CCCNc1nc(SC(C)C)nc2c1cnn2CCNC(=O)c1cccc(Br)c1. The first-order chi connectivity index (χ1) is 14.0. The number of aromatic nitrogens is 4. The van der Waals surface area contributed by atoms with Gasteiger partial charge in [-0.15, -0.1) is 0 Å². The zero-order valence-electron chi connectivity index (χ0n) is 16.8. The number of fused-ring (bicyclic) bond motifs is 1. The molecule has 1 amide bonds. The lowest BCUT2D eigenvalue weighted by Crippen LogP contribution is -2.27. The molecule has 3 rings (SSSR count). The van der Waals surface area contributed by atoms with Crippen LogP contribution in [0.15, 0.2) is 40.1 Å². The molecule has 2 heterocycles. The van der Waals surface area contributed by atoms with Gasteiger partial charge < -0.3 is 10.6 Å². The number of carbonyl (C=O) groups excluding carboxylic acids is 1. The van der Waals surface area contributed by atoms with Gasteiger partial charge in [-0.25, -0.2) is 14.6 Å². The van der Waals surface area contributed by atoms with Gasteiger partial charge in [-0.05, 0) is 24.6 Å². The van der Waals surface area contributed by atoms with E-state index in [1.54, 1.807) is 30.1 Å². The predicted molar refractivity (Wildman–Crippen MR) is 122 cm³/mol. The molecule has 0 saturated carbocycles. The van der Waals surface area contributed by atoms with Gasteiger partial charge in [-0.3, -0.25) is 4.79 Å². The second-order valence-electron chi connectivity index (χ2n) is 6.82. The summed E-state index contributed by atoms with van der Waals surface area (Å²) in [6, 6.07) is 7.32. The lowest BCUT2D eigenvalue weighted by molar-refractivity contribution is 0.0952. The quantitative estimate of drug-likeness (QED) is 0.352. The molecule has 0 bridgehead atoms.